The van der Waals surface area contributed by atoms with E-state index in [4.69, 9.17) is 10.5 Å². The lowest BCUT2D eigenvalue weighted by atomic mass is 9.84. The van der Waals surface area contributed by atoms with Gasteiger partial charge in [0.25, 0.3) is 0 Å². The fraction of sp³-hybridized carbons (Fsp3) is 0.600. The second kappa shape index (κ2) is 6.76. The van der Waals surface area contributed by atoms with E-state index in [0.717, 1.165) is 6.54 Å². The van der Waals surface area contributed by atoms with Crippen LogP contribution in [0.25, 0.3) is 0 Å². The molecular weight excluding hydrogens is 224 g/mol. The molecule has 0 saturated carbocycles. The predicted octanol–water partition coefficient (Wildman–Crippen LogP) is 2.51. The van der Waals surface area contributed by atoms with Crippen molar-refractivity contribution in [1.29, 1.82) is 0 Å². The molecule has 1 atom stereocenters. The fourth-order valence-corrected chi connectivity index (χ4v) is 2.57. The third-order valence-electron chi connectivity index (χ3n) is 3.74. The molecule has 1 aromatic carbocycles. The maximum absolute atomic E-state index is 6.09. The molecule has 1 aromatic rings. The topological polar surface area (TPSA) is 38.5 Å². The number of nitrogens with two attached hydrogens (primary N) is 1. The molecule has 0 saturated heterocycles. The molecule has 0 aromatic heterocycles. The summed E-state index contributed by atoms with van der Waals surface area (Å²) < 4.78 is 5.44. The van der Waals surface area contributed by atoms with Crippen LogP contribution in [0.15, 0.2) is 30.3 Å². The lowest BCUT2D eigenvalue weighted by molar-refractivity contribution is 0.103. The highest BCUT2D eigenvalue weighted by Crippen LogP contribution is 2.30. The van der Waals surface area contributed by atoms with Crippen LogP contribution in [0.2, 0.25) is 0 Å². The number of anilines is 1. The van der Waals surface area contributed by atoms with Crippen LogP contribution in [-0.4, -0.2) is 32.3 Å². The molecule has 0 aliphatic carbocycles. The highest BCUT2D eigenvalue weighted by Gasteiger charge is 2.38. The largest absolute Gasteiger partial charge is 0.382 e. The third kappa shape index (κ3) is 2.85. The van der Waals surface area contributed by atoms with Crippen molar-refractivity contribution in [3.05, 3.63) is 30.3 Å². The average Bonchev–Trinajstić information content (AvgIpc) is 2.39. The minimum Gasteiger partial charge on any atom is -0.382 e. The molecule has 102 valence electrons. The van der Waals surface area contributed by atoms with Gasteiger partial charge in [-0.05, 0) is 25.0 Å². The van der Waals surface area contributed by atoms with Crippen LogP contribution in [0.4, 0.5) is 5.69 Å². The molecule has 2 N–H and O–H groups in total. The van der Waals surface area contributed by atoms with Crippen LogP contribution < -0.4 is 10.6 Å². The molecule has 0 radical (unpaired) electrons. The standard InChI is InChI=1S/C15H26N2O/c1-5-17(14-9-7-6-8-10-14)15(11-16,12-18-4)13(2)3/h6-10,13H,5,11-12,16H2,1-4H3. The Kier molecular flexibility index (Phi) is 5.63. The SMILES string of the molecule is CCN(c1ccccc1)C(CN)(COC)C(C)C. The van der Waals surface area contributed by atoms with Crippen LogP contribution in [0.3, 0.4) is 0 Å². The van der Waals surface area contributed by atoms with Gasteiger partial charge >= 0.3 is 0 Å². The number of hydrogen-bond acceptors (Lipinski definition) is 3. The van der Waals surface area contributed by atoms with Gasteiger partial charge in [-0.15, -0.1) is 0 Å². The number of ether oxygens (including phenoxy) is 1. The van der Waals surface area contributed by atoms with Gasteiger partial charge in [-0.1, -0.05) is 32.0 Å². The van der Waals surface area contributed by atoms with Gasteiger partial charge in [-0.2, -0.15) is 0 Å². The quantitative estimate of drug-likeness (QED) is 0.808. The average molecular weight is 250 g/mol. The van der Waals surface area contributed by atoms with Gasteiger partial charge in [-0.3, -0.25) is 0 Å². The van der Waals surface area contributed by atoms with Crippen molar-refractivity contribution in [1.82, 2.24) is 0 Å². The monoisotopic (exact) mass is 250 g/mol. The molecule has 0 fully saturated rings. The maximum Gasteiger partial charge on any atom is 0.0779 e. The molecule has 0 amide bonds. The van der Waals surface area contributed by atoms with E-state index in [-0.39, 0.29) is 5.54 Å². The van der Waals surface area contributed by atoms with Gasteiger partial charge in [0.2, 0.25) is 0 Å². The smallest absolute Gasteiger partial charge is 0.0779 e. The summed E-state index contributed by atoms with van der Waals surface area (Å²) in [6.45, 7) is 8.72. The van der Waals surface area contributed by atoms with Gasteiger partial charge in [0, 0.05) is 25.9 Å². The summed E-state index contributed by atoms with van der Waals surface area (Å²) in [5.41, 5.74) is 7.14. The molecule has 0 heterocycles. The molecule has 0 bridgehead atoms. The molecule has 18 heavy (non-hydrogen) atoms. The van der Waals surface area contributed by atoms with Gasteiger partial charge in [-0.25, -0.2) is 0 Å². The number of hydrogen-bond donors (Lipinski definition) is 1. The molecule has 1 rings (SSSR count). The minimum absolute atomic E-state index is 0.148. The van der Waals surface area contributed by atoms with Crippen molar-refractivity contribution in [3.63, 3.8) is 0 Å². The van der Waals surface area contributed by atoms with Gasteiger partial charge in [0.05, 0.1) is 12.1 Å². The van der Waals surface area contributed by atoms with E-state index >= 15 is 0 Å². The molecule has 0 spiro atoms. The lowest BCUT2D eigenvalue weighted by Crippen LogP contribution is -2.60. The van der Waals surface area contributed by atoms with E-state index in [9.17, 15) is 0 Å². The molecule has 1 unspecified atom stereocenters. The Balaban J connectivity index is 3.16. The van der Waals surface area contributed by atoms with Crippen molar-refractivity contribution in [2.24, 2.45) is 11.7 Å². The Morgan fingerprint density at radius 3 is 2.28 bits per heavy atom. The van der Waals surface area contributed by atoms with Gasteiger partial charge in [0.1, 0.15) is 0 Å². The summed E-state index contributed by atoms with van der Waals surface area (Å²) in [4.78, 5) is 2.36. The number of para-hydroxylation sites is 1. The van der Waals surface area contributed by atoms with Crippen molar-refractivity contribution in [2.75, 3.05) is 31.7 Å². The first-order valence-corrected chi connectivity index (χ1v) is 6.64. The number of benzene rings is 1. The van der Waals surface area contributed by atoms with Crippen molar-refractivity contribution in [2.45, 2.75) is 26.3 Å². The minimum atomic E-state index is -0.148. The van der Waals surface area contributed by atoms with E-state index in [1.807, 2.05) is 6.07 Å². The highest BCUT2D eigenvalue weighted by molar-refractivity contribution is 5.49. The second-order valence-corrected chi connectivity index (χ2v) is 4.98. The Hall–Kier alpha value is -1.06. The van der Waals surface area contributed by atoms with E-state index in [0.29, 0.717) is 19.1 Å². The summed E-state index contributed by atoms with van der Waals surface area (Å²) in [6.07, 6.45) is 0. The number of nitrogens with zero attached hydrogens (tertiary/aromatic N) is 1. The van der Waals surface area contributed by atoms with E-state index in [1.54, 1.807) is 7.11 Å². The molecule has 3 heteroatoms. The normalized spacial score (nSPS) is 14.6. The summed E-state index contributed by atoms with van der Waals surface area (Å²) in [6, 6.07) is 10.4. The Labute approximate surface area is 111 Å². The highest BCUT2D eigenvalue weighted by atomic mass is 16.5. The van der Waals surface area contributed by atoms with Crippen molar-refractivity contribution in [3.8, 4) is 0 Å². The van der Waals surface area contributed by atoms with Gasteiger partial charge < -0.3 is 15.4 Å². The van der Waals surface area contributed by atoms with Crippen LogP contribution in [-0.2, 0) is 4.74 Å². The third-order valence-corrected chi connectivity index (χ3v) is 3.74. The number of rotatable bonds is 7. The fourth-order valence-electron chi connectivity index (χ4n) is 2.57. The molecule has 0 aliphatic rings. The zero-order valence-electron chi connectivity index (χ0n) is 12.0. The second-order valence-electron chi connectivity index (χ2n) is 4.98. The van der Waals surface area contributed by atoms with Gasteiger partial charge in [0.15, 0.2) is 0 Å². The summed E-state index contributed by atoms with van der Waals surface area (Å²) in [7, 11) is 1.74. The summed E-state index contributed by atoms with van der Waals surface area (Å²) in [5, 5.41) is 0. The maximum atomic E-state index is 6.09. The summed E-state index contributed by atoms with van der Waals surface area (Å²) >= 11 is 0. The van der Waals surface area contributed by atoms with E-state index in [2.05, 4.69) is 49.9 Å². The zero-order valence-corrected chi connectivity index (χ0v) is 12.0. The Morgan fingerprint density at radius 2 is 1.89 bits per heavy atom. The van der Waals surface area contributed by atoms with Crippen molar-refractivity contribution >= 4 is 5.69 Å². The number of methoxy groups -OCH3 is 1. The first-order chi connectivity index (χ1) is 8.62. The molecule has 3 nitrogen and oxygen atoms in total. The molecular formula is C15H26N2O. The first kappa shape index (κ1) is 15.0. The van der Waals surface area contributed by atoms with Crippen molar-refractivity contribution < 1.29 is 4.74 Å². The lowest BCUT2D eigenvalue weighted by Gasteiger charge is -2.47. The van der Waals surface area contributed by atoms with Crippen LogP contribution in [0.5, 0.6) is 0 Å². The van der Waals surface area contributed by atoms with Crippen LogP contribution in [0.1, 0.15) is 20.8 Å². The Morgan fingerprint density at radius 1 is 1.28 bits per heavy atom. The predicted molar refractivity (Wildman–Crippen MR) is 78.0 cm³/mol. The van der Waals surface area contributed by atoms with Crippen LogP contribution >= 0.6 is 0 Å². The Bertz CT molecular complexity index is 340. The zero-order chi connectivity index (χ0) is 13.6. The van der Waals surface area contributed by atoms with E-state index < -0.39 is 0 Å². The molecule has 0 aliphatic heterocycles. The first-order valence-electron chi connectivity index (χ1n) is 6.64. The number of likely N-dealkylation sites (N-methyl/N-ethyl adjacent to an activating group) is 1. The van der Waals surface area contributed by atoms with Crippen LogP contribution in [0, 0.1) is 5.92 Å². The summed E-state index contributed by atoms with van der Waals surface area (Å²) in [5.74, 6) is 0.419. The van der Waals surface area contributed by atoms with E-state index in [1.165, 1.54) is 5.69 Å².